The average Bonchev–Trinajstić information content (AvgIpc) is 3.54. The maximum absolute atomic E-state index is 13.9. The molecule has 4 N–H and O–H groups in total. The normalized spacial score (nSPS) is 12.1. The Morgan fingerprint density at radius 1 is 0.600 bits per heavy atom. The number of carbonyl (C=O) groups is 2. The quantitative estimate of drug-likeness (QED) is 0.0794. The Morgan fingerprint density at radius 2 is 1.17 bits per heavy atom. The van der Waals surface area contributed by atoms with E-state index < -0.39 is 5.91 Å². The molecule has 0 radical (unpaired) electrons. The van der Waals surface area contributed by atoms with Crippen LogP contribution in [0, 0.1) is 0 Å². The number of para-hydroxylation sites is 1. The lowest BCUT2D eigenvalue weighted by Crippen LogP contribution is -2.12. The number of carbonyl (C=O) groups excluding carboxylic acids is 2. The van der Waals surface area contributed by atoms with Crippen molar-refractivity contribution in [1.82, 2.24) is 0 Å². The second-order valence-corrected chi connectivity index (χ2v) is 14.7. The zero-order chi connectivity index (χ0) is 41.3. The Morgan fingerprint density at radius 3 is 1.80 bits per heavy atom. The molecule has 13 heteroatoms. The maximum Gasteiger partial charge on any atom is 0.259 e. The van der Waals surface area contributed by atoms with Crippen molar-refractivity contribution in [3.8, 4) is 22.6 Å². The minimum Gasteiger partial charge on any atom is -0.505 e. The van der Waals surface area contributed by atoms with Crippen molar-refractivity contribution in [2.75, 3.05) is 10.8 Å². The highest BCUT2D eigenvalue weighted by Gasteiger charge is 2.28. The molecule has 292 valence electrons. The van der Waals surface area contributed by atoms with Crippen LogP contribution in [0.15, 0.2) is 166 Å². The molecule has 0 fully saturated rings. The van der Waals surface area contributed by atoms with E-state index in [-0.39, 0.29) is 40.8 Å². The number of benzene rings is 8. The van der Waals surface area contributed by atoms with Gasteiger partial charge in [-0.3, -0.25) is 19.9 Å². The molecule has 0 aromatic heterocycles. The lowest BCUT2D eigenvalue weighted by Gasteiger charge is -2.12. The Bertz CT molecular complexity index is 3100. The third-order valence-electron chi connectivity index (χ3n) is 10.0. The minimum absolute atomic E-state index is 0.0113. The number of fused-ring (bicyclic) bond motifs is 5. The van der Waals surface area contributed by atoms with Crippen molar-refractivity contribution in [2.24, 2.45) is 20.5 Å². The first-order chi connectivity index (χ1) is 29.2. The summed E-state index contributed by atoms with van der Waals surface area (Å²) < 4.78 is 0. The number of phenolic OH excluding ortho intramolecular Hbond substituents is 2. The van der Waals surface area contributed by atoms with Gasteiger partial charge in [-0.05, 0) is 94.7 Å². The lowest BCUT2D eigenvalue weighted by molar-refractivity contribution is 0.102. The molecular formula is C47H30Cl2N6O5. The van der Waals surface area contributed by atoms with Crippen LogP contribution in [0.2, 0.25) is 10.0 Å². The van der Waals surface area contributed by atoms with Gasteiger partial charge in [0.05, 0.1) is 33.3 Å². The second-order valence-electron chi connectivity index (χ2n) is 13.8. The van der Waals surface area contributed by atoms with E-state index in [1.54, 1.807) is 103 Å². The van der Waals surface area contributed by atoms with Gasteiger partial charge in [0.25, 0.3) is 5.91 Å². The van der Waals surface area contributed by atoms with Crippen molar-refractivity contribution in [2.45, 2.75) is 6.61 Å². The first kappa shape index (κ1) is 38.1. The highest BCUT2D eigenvalue weighted by Crippen LogP contribution is 2.44. The monoisotopic (exact) mass is 828 g/mol. The van der Waals surface area contributed by atoms with Gasteiger partial charge in [0.2, 0.25) is 0 Å². The Kier molecular flexibility index (Phi) is 10.2. The van der Waals surface area contributed by atoms with Crippen LogP contribution in [-0.4, -0.2) is 21.9 Å². The van der Waals surface area contributed by atoms with Gasteiger partial charge < -0.3 is 15.5 Å². The fraction of sp³-hybridized carbons (Fsp3) is 0.0213. The molecule has 0 saturated heterocycles. The van der Waals surface area contributed by atoms with Crippen molar-refractivity contribution in [3.63, 3.8) is 0 Å². The molecule has 8 aromatic carbocycles. The average molecular weight is 830 g/mol. The van der Waals surface area contributed by atoms with Gasteiger partial charge in [-0.25, -0.2) is 0 Å². The number of phenols is 2. The van der Waals surface area contributed by atoms with E-state index in [0.29, 0.717) is 71.2 Å². The van der Waals surface area contributed by atoms with Crippen LogP contribution in [-0.2, 0) is 11.4 Å². The summed E-state index contributed by atoms with van der Waals surface area (Å²) in [6.45, 7) is 0.0285. The molecule has 0 aliphatic heterocycles. The predicted molar refractivity (Wildman–Crippen MR) is 234 cm³/mol. The predicted octanol–water partition coefficient (Wildman–Crippen LogP) is 13.5. The van der Waals surface area contributed by atoms with E-state index in [2.05, 4.69) is 31.3 Å². The first-order valence-electron chi connectivity index (χ1n) is 18.6. The van der Waals surface area contributed by atoms with Gasteiger partial charge in [0.15, 0.2) is 11.5 Å². The first-order valence-corrected chi connectivity index (χ1v) is 19.3. The van der Waals surface area contributed by atoms with Gasteiger partial charge >= 0.3 is 0 Å². The molecule has 0 unspecified atom stereocenters. The van der Waals surface area contributed by atoms with Crippen LogP contribution in [0.4, 0.5) is 34.1 Å². The number of hydrogen-bond acceptors (Lipinski definition) is 10. The summed E-state index contributed by atoms with van der Waals surface area (Å²) in [5.41, 5.74) is 7.83. The molecule has 0 saturated carbocycles. The Balaban J connectivity index is 0.968. The van der Waals surface area contributed by atoms with E-state index >= 15 is 0 Å². The van der Waals surface area contributed by atoms with E-state index in [1.807, 2.05) is 42.5 Å². The Labute approximate surface area is 352 Å². The lowest BCUT2D eigenvalue weighted by atomic mass is 10.0. The van der Waals surface area contributed by atoms with Gasteiger partial charge in [-0.15, -0.1) is 10.2 Å². The van der Waals surface area contributed by atoms with Crippen LogP contribution in [0.1, 0.15) is 31.8 Å². The van der Waals surface area contributed by atoms with Crippen LogP contribution < -0.4 is 10.8 Å². The molecule has 9 rings (SSSR count). The van der Waals surface area contributed by atoms with Crippen LogP contribution >= 0.6 is 23.2 Å². The van der Waals surface area contributed by atoms with Crippen LogP contribution in [0.3, 0.4) is 0 Å². The van der Waals surface area contributed by atoms with E-state index in [4.69, 9.17) is 28.0 Å². The number of amides is 1. The topological polar surface area (TPSA) is 157 Å². The number of anilines is 2. The summed E-state index contributed by atoms with van der Waals surface area (Å²) >= 11 is 12.2. The smallest absolute Gasteiger partial charge is 0.259 e. The number of azo groups is 2. The zero-order valence-electron chi connectivity index (χ0n) is 31.2. The number of aromatic hydroxyl groups is 2. The molecular weight excluding hydrogens is 799 g/mol. The maximum atomic E-state index is 13.9. The molecule has 0 spiro atoms. The highest BCUT2D eigenvalue weighted by atomic mass is 35.5. The van der Waals surface area contributed by atoms with Gasteiger partial charge in [0.1, 0.15) is 23.7 Å². The number of hydrogen-bond donors (Lipinski definition) is 4. The standard InChI is InChI=1S/C47H30Cl2N6O5/c48-29-13-15-30(16-14-29)55-60-25-28-21-26-7-1-3-9-33(26)42(44(28)56)53-51-31-17-19-35-36-20-18-32(24-38(36)45(57)37(35)23-31)52-54-43-34-10-4-2-8-27(34)22-39(46(43)58)47(59)50-41-12-6-5-11-40(41)49/h1-24,55-56,58H,25H2,(H,50,59). The molecule has 11 nitrogen and oxygen atoms in total. The summed E-state index contributed by atoms with van der Waals surface area (Å²) in [7, 11) is 0. The SMILES string of the molecule is O=C1c2cc(N=Nc3c(O)c(CONc4ccc(Cl)cc4)cc4ccccc34)ccc2-c2ccc(N=Nc3c(O)c(C(=O)Nc4ccccc4Cl)cc4ccccc34)cc21. The summed E-state index contributed by atoms with van der Waals surface area (Å²) in [6, 6.07) is 42.3. The summed E-state index contributed by atoms with van der Waals surface area (Å²) in [5, 5.41) is 46.9. The van der Waals surface area contributed by atoms with Crippen molar-refractivity contribution < 1.29 is 24.6 Å². The largest absolute Gasteiger partial charge is 0.505 e. The van der Waals surface area contributed by atoms with E-state index in [0.717, 1.165) is 10.9 Å². The number of nitrogens with one attached hydrogen (secondary N) is 2. The zero-order valence-corrected chi connectivity index (χ0v) is 32.7. The Hall–Kier alpha value is -7.44. The van der Waals surface area contributed by atoms with Crippen molar-refractivity contribution >= 4 is 90.6 Å². The fourth-order valence-corrected chi connectivity index (χ4v) is 7.35. The molecule has 60 heavy (non-hydrogen) atoms. The number of rotatable bonds is 10. The molecule has 8 aromatic rings. The van der Waals surface area contributed by atoms with Crippen molar-refractivity contribution in [1.29, 1.82) is 0 Å². The highest BCUT2D eigenvalue weighted by molar-refractivity contribution is 6.34. The van der Waals surface area contributed by atoms with Crippen LogP contribution in [0.5, 0.6) is 11.5 Å². The van der Waals surface area contributed by atoms with Crippen LogP contribution in [0.25, 0.3) is 32.7 Å². The molecule has 1 amide bonds. The minimum atomic E-state index is -0.574. The summed E-state index contributed by atoms with van der Waals surface area (Å²) in [5.74, 6) is -1.26. The van der Waals surface area contributed by atoms with Gasteiger partial charge in [0, 0.05) is 32.5 Å². The van der Waals surface area contributed by atoms with Gasteiger partial charge in [-0.2, -0.15) is 10.2 Å². The third kappa shape index (κ3) is 7.40. The molecule has 0 heterocycles. The number of halogens is 2. The summed E-state index contributed by atoms with van der Waals surface area (Å²) in [6.07, 6.45) is 0. The molecule has 0 atom stereocenters. The van der Waals surface area contributed by atoms with Crippen molar-refractivity contribution in [3.05, 3.63) is 178 Å². The molecule has 1 aliphatic rings. The summed E-state index contributed by atoms with van der Waals surface area (Å²) in [4.78, 5) is 32.9. The second kappa shape index (κ2) is 16.1. The third-order valence-corrected chi connectivity index (χ3v) is 10.6. The number of nitrogens with zero attached hydrogens (tertiary/aromatic N) is 4. The van der Waals surface area contributed by atoms with E-state index in [9.17, 15) is 19.8 Å². The van der Waals surface area contributed by atoms with E-state index in [1.165, 1.54) is 0 Å². The van der Waals surface area contributed by atoms with Gasteiger partial charge in [-0.1, -0.05) is 96.0 Å². The fourth-order valence-electron chi connectivity index (χ4n) is 7.04. The molecule has 1 aliphatic carbocycles. The number of ketones is 1. The molecule has 0 bridgehead atoms.